The van der Waals surface area contributed by atoms with E-state index in [0.717, 1.165) is 16.3 Å². The first-order chi connectivity index (χ1) is 12.5. The standard InChI is InChI=1S/C21H19Cl2NO2/c22-14-7-8-15(23)20-18(14)16-12-5-6-13(9-12)17(16)19(24-20)10-1-3-11(4-2-10)21(25)26/h1-4,7-8,12-13,16-17,19,24H,5-6,9H2,(H,25,26)/t12-,13-,16-,17-,19-/m0/s1. The molecule has 5 heteroatoms. The number of hydrogen-bond acceptors (Lipinski definition) is 2. The van der Waals surface area contributed by atoms with Gasteiger partial charge in [-0.2, -0.15) is 0 Å². The summed E-state index contributed by atoms with van der Waals surface area (Å²) in [5.41, 5.74) is 3.59. The Kier molecular flexibility index (Phi) is 3.74. The highest BCUT2D eigenvalue weighted by molar-refractivity contribution is 6.36. The zero-order chi connectivity index (χ0) is 18.0. The van der Waals surface area contributed by atoms with Gasteiger partial charge in [0.05, 0.1) is 22.3 Å². The van der Waals surface area contributed by atoms with Gasteiger partial charge in [-0.25, -0.2) is 4.79 Å². The predicted molar refractivity (Wildman–Crippen MR) is 103 cm³/mol. The summed E-state index contributed by atoms with van der Waals surface area (Å²) in [4.78, 5) is 11.2. The van der Waals surface area contributed by atoms with E-state index in [1.165, 1.54) is 24.8 Å². The molecule has 3 aliphatic rings. The van der Waals surface area contributed by atoms with E-state index in [9.17, 15) is 9.90 Å². The molecule has 1 heterocycles. The fourth-order valence-electron chi connectivity index (χ4n) is 5.67. The third-order valence-electron chi connectivity index (χ3n) is 6.66. The lowest BCUT2D eigenvalue weighted by atomic mass is 9.68. The lowest BCUT2D eigenvalue weighted by Crippen LogP contribution is -2.35. The van der Waals surface area contributed by atoms with Gasteiger partial charge in [-0.05, 0) is 78.3 Å². The smallest absolute Gasteiger partial charge is 0.335 e. The molecule has 0 unspecified atom stereocenters. The topological polar surface area (TPSA) is 49.3 Å². The first-order valence-corrected chi connectivity index (χ1v) is 9.88. The minimum atomic E-state index is -0.897. The summed E-state index contributed by atoms with van der Waals surface area (Å²) < 4.78 is 0. The van der Waals surface area contributed by atoms with Gasteiger partial charge in [0, 0.05) is 5.02 Å². The molecule has 2 fully saturated rings. The molecule has 2 aromatic carbocycles. The van der Waals surface area contributed by atoms with Crippen LogP contribution in [0.2, 0.25) is 10.0 Å². The Hall–Kier alpha value is -1.71. The molecule has 1 aliphatic heterocycles. The summed E-state index contributed by atoms with van der Waals surface area (Å²) in [6, 6.07) is 11.2. The second-order valence-corrected chi connectivity index (χ2v) is 8.62. The molecule has 0 radical (unpaired) electrons. The summed E-state index contributed by atoms with van der Waals surface area (Å²) in [6.07, 6.45) is 3.78. The molecule has 2 bridgehead atoms. The van der Waals surface area contributed by atoms with Crippen molar-refractivity contribution in [1.29, 1.82) is 0 Å². The van der Waals surface area contributed by atoms with E-state index in [1.807, 2.05) is 24.3 Å². The van der Waals surface area contributed by atoms with Gasteiger partial charge in [-0.3, -0.25) is 0 Å². The van der Waals surface area contributed by atoms with Crippen LogP contribution in [0.1, 0.15) is 52.7 Å². The number of nitrogens with one attached hydrogen (secondary N) is 1. The second kappa shape index (κ2) is 5.90. The van der Waals surface area contributed by atoms with Crippen molar-refractivity contribution in [1.82, 2.24) is 0 Å². The van der Waals surface area contributed by atoms with Crippen LogP contribution >= 0.6 is 23.2 Å². The van der Waals surface area contributed by atoms with Crippen molar-refractivity contribution in [2.75, 3.05) is 5.32 Å². The number of hydrogen-bond donors (Lipinski definition) is 2. The van der Waals surface area contributed by atoms with E-state index >= 15 is 0 Å². The monoisotopic (exact) mass is 387 g/mol. The average Bonchev–Trinajstić information content (AvgIpc) is 3.26. The van der Waals surface area contributed by atoms with Crippen molar-refractivity contribution in [2.45, 2.75) is 31.2 Å². The van der Waals surface area contributed by atoms with Crippen LogP contribution in [0.15, 0.2) is 36.4 Å². The molecule has 5 rings (SSSR count). The maximum atomic E-state index is 11.2. The SMILES string of the molecule is O=C(O)c1ccc([C@@H]2Nc3c(Cl)ccc(Cl)c3[C@H]3[C@H]4CC[C@@H](C4)[C@@H]32)cc1. The van der Waals surface area contributed by atoms with E-state index in [1.54, 1.807) is 12.1 Å². The number of carbonyl (C=O) groups is 1. The highest BCUT2D eigenvalue weighted by Crippen LogP contribution is 2.65. The molecule has 0 aromatic heterocycles. The maximum Gasteiger partial charge on any atom is 0.335 e. The van der Waals surface area contributed by atoms with Crippen molar-refractivity contribution in [3.63, 3.8) is 0 Å². The van der Waals surface area contributed by atoms with Gasteiger partial charge in [0.1, 0.15) is 0 Å². The fraction of sp³-hybridized carbons (Fsp3) is 0.381. The first kappa shape index (κ1) is 16.5. The first-order valence-electron chi connectivity index (χ1n) is 9.12. The minimum absolute atomic E-state index is 0.140. The van der Waals surface area contributed by atoms with Crippen LogP contribution in [0.25, 0.3) is 0 Å². The highest BCUT2D eigenvalue weighted by atomic mass is 35.5. The molecule has 3 nitrogen and oxygen atoms in total. The fourth-order valence-corrected chi connectivity index (χ4v) is 6.18. The molecule has 26 heavy (non-hydrogen) atoms. The number of benzene rings is 2. The Labute approximate surface area is 162 Å². The second-order valence-electron chi connectivity index (χ2n) is 7.80. The highest BCUT2D eigenvalue weighted by Gasteiger charge is 2.54. The van der Waals surface area contributed by atoms with E-state index in [0.29, 0.717) is 34.3 Å². The molecule has 134 valence electrons. The van der Waals surface area contributed by atoms with Gasteiger partial charge in [0.2, 0.25) is 0 Å². The average molecular weight is 388 g/mol. The summed E-state index contributed by atoms with van der Waals surface area (Å²) >= 11 is 13.1. The summed E-state index contributed by atoms with van der Waals surface area (Å²) in [6.45, 7) is 0. The lowest BCUT2D eigenvalue weighted by molar-refractivity contribution is 0.0697. The molecule has 0 spiro atoms. The molecule has 2 N–H and O–H groups in total. The normalized spacial score (nSPS) is 31.2. The van der Waals surface area contributed by atoms with Gasteiger partial charge in [-0.1, -0.05) is 35.3 Å². The number of carboxylic acids is 1. The van der Waals surface area contributed by atoms with E-state index in [-0.39, 0.29) is 6.04 Å². The van der Waals surface area contributed by atoms with Crippen molar-refractivity contribution in [3.8, 4) is 0 Å². The van der Waals surface area contributed by atoms with Crippen LogP contribution in [0.4, 0.5) is 5.69 Å². The van der Waals surface area contributed by atoms with Gasteiger partial charge in [-0.15, -0.1) is 0 Å². The van der Waals surface area contributed by atoms with Crippen LogP contribution in [0, 0.1) is 17.8 Å². The summed E-state index contributed by atoms with van der Waals surface area (Å²) in [5.74, 6) is 1.37. The number of aromatic carboxylic acids is 1. The van der Waals surface area contributed by atoms with E-state index < -0.39 is 5.97 Å². The van der Waals surface area contributed by atoms with E-state index in [2.05, 4.69) is 5.32 Å². The van der Waals surface area contributed by atoms with Gasteiger partial charge < -0.3 is 10.4 Å². The van der Waals surface area contributed by atoms with Crippen molar-refractivity contribution < 1.29 is 9.90 Å². The Morgan fingerprint density at radius 1 is 1.00 bits per heavy atom. The van der Waals surface area contributed by atoms with E-state index in [4.69, 9.17) is 23.2 Å². The third kappa shape index (κ3) is 2.30. The predicted octanol–water partition coefficient (Wildman–Crippen LogP) is 5.99. The molecular formula is C21H19Cl2NO2. The number of halogens is 2. The van der Waals surface area contributed by atoms with Gasteiger partial charge in [0.25, 0.3) is 0 Å². The van der Waals surface area contributed by atoms with Crippen LogP contribution in [-0.2, 0) is 0 Å². The lowest BCUT2D eigenvalue weighted by Gasteiger charge is -2.44. The van der Waals surface area contributed by atoms with Gasteiger partial charge >= 0.3 is 5.97 Å². The van der Waals surface area contributed by atoms with Crippen LogP contribution in [0.5, 0.6) is 0 Å². The van der Waals surface area contributed by atoms with Crippen LogP contribution < -0.4 is 5.32 Å². The quantitative estimate of drug-likeness (QED) is 0.665. The Balaban J connectivity index is 1.63. The number of carboxylic acid groups (broad SMARTS) is 1. The Morgan fingerprint density at radius 3 is 2.42 bits per heavy atom. The zero-order valence-electron chi connectivity index (χ0n) is 14.1. The largest absolute Gasteiger partial charge is 0.478 e. The molecule has 2 aliphatic carbocycles. The van der Waals surface area contributed by atoms with Gasteiger partial charge in [0.15, 0.2) is 0 Å². The molecule has 0 saturated heterocycles. The number of fused-ring (bicyclic) bond motifs is 7. The van der Waals surface area contributed by atoms with Crippen LogP contribution in [-0.4, -0.2) is 11.1 Å². The van der Waals surface area contributed by atoms with Crippen molar-refractivity contribution in [2.24, 2.45) is 17.8 Å². The Morgan fingerprint density at radius 2 is 1.69 bits per heavy atom. The zero-order valence-corrected chi connectivity index (χ0v) is 15.6. The van der Waals surface area contributed by atoms with Crippen LogP contribution in [0.3, 0.4) is 0 Å². The molecule has 0 amide bonds. The molecule has 5 atom stereocenters. The van der Waals surface area contributed by atoms with Crippen molar-refractivity contribution in [3.05, 3.63) is 63.1 Å². The maximum absolute atomic E-state index is 11.2. The molecule has 2 aromatic rings. The summed E-state index contributed by atoms with van der Waals surface area (Å²) in [7, 11) is 0. The third-order valence-corrected chi connectivity index (χ3v) is 7.30. The minimum Gasteiger partial charge on any atom is -0.478 e. The molecular weight excluding hydrogens is 369 g/mol. The Bertz CT molecular complexity index is 896. The molecule has 2 saturated carbocycles. The van der Waals surface area contributed by atoms with Crippen molar-refractivity contribution >= 4 is 34.9 Å². The summed E-state index contributed by atoms with van der Waals surface area (Å²) in [5, 5.41) is 14.3. The number of rotatable bonds is 2. The number of anilines is 1.